The molecule has 0 aromatic carbocycles. The van der Waals surface area contributed by atoms with Crippen LogP contribution < -0.4 is 5.32 Å². The summed E-state index contributed by atoms with van der Waals surface area (Å²) in [4.78, 5) is 12.6. The van der Waals surface area contributed by atoms with Gasteiger partial charge in [0.2, 0.25) is 0 Å². The van der Waals surface area contributed by atoms with Crippen LogP contribution >= 0.6 is 0 Å². The van der Waals surface area contributed by atoms with Crippen molar-refractivity contribution in [2.75, 3.05) is 39.5 Å². The van der Waals surface area contributed by atoms with Crippen LogP contribution in [-0.4, -0.2) is 62.4 Å². The van der Waals surface area contributed by atoms with Crippen LogP contribution in [0.15, 0.2) is 0 Å². The van der Waals surface area contributed by atoms with Crippen molar-refractivity contribution in [3.63, 3.8) is 0 Å². The van der Waals surface area contributed by atoms with Gasteiger partial charge in [0.15, 0.2) is 0 Å². The van der Waals surface area contributed by atoms with E-state index in [0.717, 1.165) is 44.4 Å². The van der Waals surface area contributed by atoms with E-state index in [2.05, 4.69) is 25.3 Å². The first-order valence-electron chi connectivity index (χ1n) is 11.6. The molecule has 0 fully saturated rings. The smallest absolute Gasteiger partial charge is 0.334 e. The number of carbonyl (C=O) groups is 1. The summed E-state index contributed by atoms with van der Waals surface area (Å²) in [6.07, 6.45) is 3.36. The molecule has 1 unspecified atom stereocenters. The van der Waals surface area contributed by atoms with Crippen molar-refractivity contribution in [2.24, 2.45) is 5.92 Å². The number of rotatable bonds is 20. The second kappa shape index (κ2) is 16.6. The van der Waals surface area contributed by atoms with E-state index in [9.17, 15) is 4.79 Å². The third kappa shape index (κ3) is 13.0. The van der Waals surface area contributed by atoms with Crippen LogP contribution in [0.4, 0.5) is 0 Å². The van der Waals surface area contributed by atoms with Gasteiger partial charge in [-0.1, -0.05) is 6.92 Å². The maximum absolute atomic E-state index is 12.6. The van der Waals surface area contributed by atoms with Gasteiger partial charge in [-0.05, 0) is 78.7 Å². The van der Waals surface area contributed by atoms with E-state index in [4.69, 9.17) is 17.7 Å². The lowest BCUT2D eigenvalue weighted by Gasteiger charge is -2.26. The number of hydrogen-bond donors (Lipinski definition) is 1. The molecule has 0 aromatic heterocycles. The second-order valence-electron chi connectivity index (χ2n) is 7.73. The molecular weight excluding hydrogens is 402 g/mol. The molecular formula is C21H47NO5Si2. The average molecular weight is 450 g/mol. The monoisotopic (exact) mass is 449 g/mol. The Morgan fingerprint density at radius 3 is 1.66 bits per heavy atom. The molecule has 1 N–H and O–H groups in total. The Morgan fingerprint density at radius 2 is 1.24 bits per heavy atom. The fourth-order valence-electron chi connectivity index (χ4n) is 3.68. The second-order valence-corrected chi connectivity index (χ2v) is 14.4. The summed E-state index contributed by atoms with van der Waals surface area (Å²) in [6.45, 7) is 18.8. The summed E-state index contributed by atoms with van der Waals surface area (Å²) in [5.74, 6) is 0.441. The third-order valence-electron chi connectivity index (χ3n) is 5.18. The molecule has 6 nitrogen and oxygen atoms in total. The van der Waals surface area contributed by atoms with Crippen LogP contribution in [0.5, 0.6) is 0 Å². The first kappa shape index (κ1) is 28.9. The molecule has 0 saturated heterocycles. The van der Waals surface area contributed by atoms with E-state index in [0.29, 0.717) is 38.6 Å². The quantitative estimate of drug-likeness (QED) is 0.216. The van der Waals surface area contributed by atoms with Crippen molar-refractivity contribution in [3.8, 4) is 0 Å². The summed E-state index contributed by atoms with van der Waals surface area (Å²) in [6, 6.07) is 1.85. The standard InChI is InChI=1S/C21H47NO5Si2/c1-8-20(19-22-16-14-18-29(7,26-11-4)27-12-5)21(23)15-13-17-28(6,24-9-2)25-10-3/h20,22H,8-19H2,1-7H3. The summed E-state index contributed by atoms with van der Waals surface area (Å²) in [7, 11) is -4.15. The molecule has 0 aliphatic heterocycles. The first-order valence-corrected chi connectivity index (χ1v) is 16.6. The number of Topliss-reactive ketones (excluding diaryl/α,β-unsaturated/α-hetero) is 1. The van der Waals surface area contributed by atoms with Crippen molar-refractivity contribution in [3.05, 3.63) is 0 Å². The van der Waals surface area contributed by atoms with Gasteiger partial charge in [-0.2, -0.15) is 0 Å². The van der Waals surface area contributed by atoms with E-state index in [-0.39, 0.29) is 5.92 Å². The maximum atomic E-state index is 12.6. The minimum Gasteiger partial charge on any atom is -0.395 e. The molecule has 0 aromatic rings. The van der Waals surface area contributed by atoms with Crippen molar-refractivity contribution in [2.45, 2.75) is 85.5 Å². The van der Waals surface area contributed by atoms with Gasteiger partial charge < -0.3 is 23.0 Å². The zero-order chi connectivity index (χ0) is 22.2. The van der Waals surface area contributed by atoms with Gasteiger partial charge in [-0.15, -0.1) is 0 Å². The Morgan fingerprint density at radius 1 is 0.793 bits per heavy atom. The Hall–Kier alpha value is -0.0962. The zero-order valence-corrected chi connectivity index (χ0v) is 22.1. The lowest BCUT2D eigenvalue weighted by atomic mass is 9.98. The summed E-state index contributed by atoms with van der Waals surface area (Å²) >= 11 is 0. The fourth-order valence-corrected chi connectivity index (χ4v) is 8.50. The fraction of sp³-hybridized carbons (Fsp3) is 0.952. The zero-order valence-electron chi connectivity index (χ0n) is 20.1. The summed E-state index contributed by atoms with van der Waals surface area (Å²) in [5.41, 5.74) is 0. The molecule has 174 valence electrons. The summed E-state index contributed by atoms with van der Waals surface area (Å²) in [5, 5.41) is 3.47. The molecule has 0 bridgehead atoms. The molecule has 1 atom stereocenters. The van der Waals surface area contributed by atoms with Crippen LogP contribution in [-0.2, 0) is 22.5 Å². The molecule has 0 rings (SSSR count). The number of ketones is 1. The van der Waals surface area contributed by atoms with E-state index in [1.54, 1.807) is 0 Å². The van der Waals surface area contributed by atoms with Crippen molar-refractivity contribution < 1.29 is 22.5 Å². The number of hydrogen-bond acceptors (Lipinski definition) is 6. The highest BCUT2D eigenvalue weighted by Gasteiger charge is 2.31. The Kier molecular flexibility index (Phi) is 16.5. The van der Waals surface area contributed by atoms with Crippen LogP contribution in [0.3, 0.4) is 0 Å². The van der Waals surface area contributed by atoms with E-state index >= 15 is 0 Å². The van der Waals surface area contributed by atoms with E-state index < -0.39 is 17.1 Å². The first-order chi connectivity index (χ1) is 13.8. The Balaban J connectivity index is 4.23. The molecule has 0 aliphatic rings. The van der Waals surface area contributed by atoms with Crippen LogP contribution in [0.2, 0.25) is 25.2 Å². The summed E-state index contributed by atoms with van der Waals surface area (Å²) < 4.78 is 23.5. The highest BCUT2D eigenvalue weighted by Crippen LogP contribution is 2.19. The predicted molar refractivity (Wildman–Crippen MR) is 125 cm³/mol. The van der Waals surface area contributed by atoms with Gasteiger partial charge in [0.1, 0.15) is 5.78 Å². The van der Waals surface area contributed by atoms with Gasteiger partial charge in [0, 0.05) is 45.3 Å². The van der Waals surface area contributed by atoms with Gasteiger partial charge in [0.25, 0.3) is 0 Å². The van der Waals surface area contributed by atoms with Crippen molar-refractivity contribution in [1.82, 2.24) is 5.32 Å². The predicted octanol–water partition coefficient (Wildman–Crippen LogP) is 4.63. The highest BCUT2D eigenvalue weighted by atomic mass is 28.4. The number of nitrogens with one attached hydrogen (secondary N) is 1. The lowest BCUT2D eigenvalue weighted by molar-refractivity contribution is -0.122. The molecule has 0 radical (unpaired) electrons. The molecule has 0 saturated carbocycles. The van der Waals surface area contributed by atoms with Crippen molar-refractivity contribution >= 4 is 22.9 Å². The average Bonchev–Trinajstić information content (AvgIpc) is 2.65. The molecule has 8 heteroatoms. The largest absolute Gasteiger partial charge is 0.395 e. The molecule has 0 heterocycles. The van der Waals surface area contributed by atoms with Gasteiger partial charge in [-0.3, -0.25) is 4.79 Å². The third-order valence-corrected chi connectivity index (χ3v) is 11.3. The topological polar surface area (TPSA) is 66.0 Å². The van der Waals surface area contributed by atoms with Gasteiger partial charge >= 0.3 is 17.1 Å². The Labute approximate surface area is 181 Å². The molecule has 0 aliphatic carbocycles. The molecule has 0 amide bonds. The minimum absolute atomic E-state index is 0.0875. The molecule has 0 spiro atoms. The lowest BCUT2D eigenvalue weighted by Crippen LogP contribution is -2.39. The van der Waals surface area contributed by atoms with Crippen molar-refractivity contribution in [1.29, 1.82) is 0 Å². The SMILES string of the molecule is CCO[Si](C)(CCCNCC(CC)C(=O)CCC[Si](C)(OCC)OCC)OCC. The van der Waals surface area contributed by atoms with E-state index in [1.165, 1.54) is 0 Å². The van der Waals surface area contributed by atoms with E-state index in [1.807, 2.05) is 27.7 Å². The van der Waals surface area contributed by atoms with Crippen LogP contribution in [0.1, 0.15) is 60.3 Å². The Bertz CT molecular complexity index is 414. The normalized spacial score (nSPS) is 13.6. The highest BCUT2D eigenvalue weighted by molar-refractivity contribution is 6.66. The van der Waals surface area contributed by atoms with Crippen LogP contribution in [0.25, 0.3) is 0 Å². The van der Waals surface area contributed by atoms with Gasteiger partial charge in [-0.25, -0.2) is 0 Å². The minimum atomic E-state index is -2.12. The number of carbonyl (C=O) groups excluding carboxylic acids is 1. The maximum Gasteiger partial charge on any atom is 0.334 e. The van der Waals surface area contributed by atoms with Crippen LogP contribution in [0, 0.1) is 5.92 Å². The molecule has 29 heavy (non-hydrogen) atoms. The van der Waals surface area contributed by atoms with Gasteiger partial charge in [0.05, 0.1) is 0 Å².